The molecule has 0 spiro atoms. The van der Waals surface area contributed by atoms with Gasteiger partial charge in [0.05, 0.1) is 7.11 Å². The number of carbonyl (C=O) groups is 1. The summed E-state index contributed by atoms with van der Waals surface area (Å²) in [5, 5.41) is 3.42. The number of benzene rings is 2. The number of carbonyl (C=O) groups excluding carboxylic acids is 1. The first-order valence-electron chi connectivity index (χ1n) is 6.87. The molecule has 1 aromatic heterocycles. The van der Waals surface area contributed by atoms with Crippen molar-refractivity contribution < 1.29 is 14.1 Å². The average molecular weight is 329 g/mol. The van der Waals surface area contributed by atoms with Gasteiger partial charge in [-0.15, -0.1) is 0 Å². The molecule has 0 fully saturated rings. The minimum Gasteiger partial charge on any atom is -0.496 e. The number of ether oxygens (including phenoxy) is 1. The topological polar surface area (TPSA) is 65.2 Å². The van der Waals surface area contributed by atoms with E-state index in [4.69, 9.17) is 20.9 Å². The van der Waals surface area contributed by atoms with E-state index in [1.54, 1.807) is 26.2 Å². The van der Waals surface area contributed by atoms with Crippen molar-refractivity contribution in [1.82, 2.24) is 10.1 Å². The van der Waals surface area contributed by atoms with Gasteiger partial charge in [-0.3, -0.25) is 4.79 Å². The molecule has 0 N–H and O–H groups in total. The summed E-state index contributed by atoms with van der Waals surface area (Å²) >= 11 is 5.46. The molecular weight excluding hydrogens is 316 g/mol. The molecule has 0 bridgehead atoms. The molecule has 23 heavy (non-hydrogen) atoms. The summed E-state index contributed by atoms with van der Waals surface area (Å²) in [6.45, 7) is 1.74. The Hall–Kier alpha value is -2.66. The third kappa shape index (κ3) is 3.10. The predicted octanol–water partition coefficient (Wildman–Crippen LogP) is 4.10. The monoisotopic (exact) mass is 328 g/mol. The Labute approximate surface area is 137 Å². The minimum atomic E-state index is -0.480. The fourth-order valence-electron chi connectivity index (χ4n) is 2.27. The first-order valence-corrected chi connectivity index (χ1v) is 7.25. The number of aryl methyl sites for hydroxylation is 1. The fourth-order valence-corrected chi connectivity index (χ4v) is 2.39. The van der Waals surface area contributed by atoms with Crippen LogP contribution in [0.2, 0.25) is 0 Å². The highest BCUT2D eigenvalue weighted by molar-refractivity contribution is 6.67. The second-order valence-corrected chi connectivity index (χ2v) is 5.25. The molecule has 0 unspecified atom stereocenters. The maximum Gasteiger partial charge on any atom is 0.252 e. The summed E-state index contributed by atoms with van der Waals surface area (Å²) in [6, 6.07) is 12.7. The number of aromatic nitrogens is 2. The van der Waals surface area contributed by atoms with Crippen molar-refractivity contribution in [2.24, 2.45) is 0 Å². The van der Waals surface area contributed by atoms with Crippen LogP contribution in [0.15, 0.2) is 47.0 Å². The normalized spacial score (nSPS) is 10.6. The maximum absolute atomic E-state index is 11.1. The summed E-state index contributed by atoms with van der Waals surface area (Å²) in [7, 11) is 1.60. The molecule has 1 heterocycles. The fraction of sp³-hybridized carbons (Fsp3) is 0.118. The summed E-state index contributed by atoms with van der Waals surface area (Å²) < 4.78 is 10.5. The van der Waals surface area contributed by atoms with Crippen LogP contribution in [0.3, 0.4) is 0 Å². The summed E-state index contributed by atoms with van der Waals surface area (Å²) in [4.78, 5) is 15.3. The van der Waals surface area contributed by atoms with Gasteiger partial charge in [0.15, 0.2) is 0 Å². The van der Waals surface area contributed by atoms with Gasteiger partial charge >= 0.3 is 0 Å². The van der Waals surface area contributed by atoms with Crippen molar-refractivity contribution in [2.75, 3.05) is 7.11 Å². The Morgan fingerprint density at radius 2 is 1.83 bits per heavy atom. The zero-order valence-corrected chi connectivity index (χ0v) is 13.3. The Morgan fingerprint density at radius 3 is 2.39 bits per heavy atom. The van der Waals surface area contributed by atoms with Crippen LogP contribution in [0.25, 0.3) is 22.5 Å². The molecular formula is C17H13ClN2O3. The summed E-state index contributed by atoms with van der Waals surface area (Å²) in [6.07, 6.45) is 0. The SMILES string of the molecule is COc1cc(-c2noc(C)n2)ccc1-c1ccc(C(=O)Cl)cc1. The van der Waals surface area contributed by atoms with Gasteiger partial charge < -0.3 is 9.26 Å². The number of methoxy groups -OCH3 is 1. The third-order valence-electron chi connectivity index (χ3n) is 3.41. The lowest BCUT2D eigenvalue weighted by Gasteiger charge is -2.10. The van der Waals surface area contributed by atoms with Crippen molar-refractivity contribution in [3.63, 3.8) is 0 Å². The van der Waals surface area contributed by atoms with Gasteiger partial charge in [-0.1, -0.05) is 23.4 Å². The Balaban J connectivity index is 2.01. The van der Waals surface area contributed by atoms with Gasteiger partial charge in [-0.2, -0.15) is 4.98 Å². The molecule has 2 aromatic carbocycles. The Kier molecular flexibility index (Phi) is 4.12. The van der Waals surface area contributed by atoms with E-state index < -0.39 is 5.24 Å². The smallest absolute Gasteiger partial charge is 0.252 e. The predicted molar refractivity (Wildman–Crippen MR) is 86.6 cm³/mol. The molecule has 116 valence electrons. The molecule has 0 aliphatic rings. The summed E-state index contributed by atoms with van der Waals surface area (Å²) in [5.74, 6) is 1.69. The Bertz CT molecular complexity index is 857. The van der Waals surface area contributed by atoms with Crippen LogP contribution >= 0.6 is 11.6 Å². The highest BCUT2D eigenvalue weighted by Gasteiger charge is 2.12. The van der Waals surface area contributed by atoms with Gasteiger partial charge in [0.1, 0.15) is 5.75 Å². The number of nitrogens with zero attached hydrogens (tertiary/aromatic N) is 2. The van der Waals surface area contributed by atoms with Crippen LogP contribution in [-0.4, -0.2) is 22.5 Å². The molecule has 5 nitrogen and oxygen atoms in total. The zero-order chi connectivity index (χ0) is 16.4. The van der Waals surface area contributed by atoms with Crippen LogP contribution in [-0.2, 0) is 0 Å². The van der Waals surface area contributed by atoms with E-state index >= 15 is 0 Å². The van der Waals surface area contributed by atoms with E-state index in [2.05, 4.69) is 10.1 Å². The van der Waals surface area contributed by atoms with E-state index in [9.17, 15) is 4.79 Å². The van der Waals surface area contributed by atoms with Gasteiger partial charge in [0, 0.05) is 23.6 Å². The number of rotatable bonds is 4. The van der Waals surface area contributed by atoms with E-state index in [-0.39, 0.29) is 0 Å². The first-order chi connectivity index (χ1) is 11.1. The van der Waals surface area contributed by atoms with Crippen LogP contribution in [0, 0.1) is 6.92 Å². The van der Waals surface area contributed by atoms with Crippen molar-refractivity contribution in [2.45, 2.75) is 6.92 Å². The van der Waals surface area contributed by atoms with Gasteiger partial charge in [0.25, 0.3) is 5.24 Å². The molecule has 0 radical (unpaired) electrons. The summed E-state index contributed by atoms with van der Waals surface area (Å²) in [5.41, 5.74) is 3.06. The molecule has 0 atom stereocenters. The third-order valence-corrected chi connectivity index (χ3v) is 3.63. The standard InChI is InChI=1S/C17H13ClN2O3/c1-10-19-17(20-23-10)13-7-8-14(15(9-13)22-2)11-3-5-12(6-4-11)16(18)21/h3-9H,1-2H3. The molecule has 6 heteroatoms. The van der Waals surface area contributed by atoms with E-state index in [1.807, 2.05) is 30.3 Å². The Morgan fingerprint density at radius 1 is 1.13 bits per heavy atom. The minimum absolute atomic E-state index is 0.452. The average Bonchev–Trinajstić information content (AvgIpc) is 3.01. The van der Waals surface area contributed by atoms with Crippen molar-refractivity contribution in [1.29, 1.82) is 0 Å². The lowest BCUT2D eigenvalue weighted by molar-refractivity contribution is 0.108. The van der Waals surface area contributed by atoms with Gasteiger partial charge in [-0.05, 0) is 41.4 Å². The van der Waals surface area contributed by atoms with E-state index in [1.165, 1.54) is 0 Å². The maximum atomic E-state index is 11.1. The molecule has 0 saturated carbocycles. The van der Waals surface area contributed by atoms with Crippen molar-refractivity contribution in [3.05, 3.63) is 53.9 Å². The molecule has 0 amide bonds. The first kappa shape index (κ1) is 15.2. The van der Waals surface area contributed by atoms with Crippen LogP contribution in [0.4, 0.5) is 0 Å². The molecule has 3 rings (SSSR count). The molecule has 0 aliphatic carbocycles. The second kappa shape index (κ2) is 6.22. The van der Waals surface area contributed by atoms with E-state index in [0.717, 1.165) is 16.7 Å². The van der Waals surface area contributed by atoms with E-state index in [0.29, 0.717) is 23.0 Å². The zero-order valence-electron chi connectivity index (χ0n) is 12.5. The lowest BCUT2D eigenvalue weighted by Crippen LogP contribution is -1.92. The quantitative estimate of drug-likeness (QED) is 0.675. The molecule has 3 aromatic rings. The number of halogens is 1. The number of hydrogen-bond donors (Lipinski definition) is 0. The highest BCUT2D eigenvalue weighted by Crippen LogP contribution is 2.33. The molecule has 0 aliphatic heterocycles. The highest BCUT2D eigenvalue weighted by atomic mass is 35.5. The van der Waals surface area contributed by atoms with Gasteiger partial charge in [0.2, 0.25) is 11.7 Å². The van der Waals surface area contributed by atoms with Crippen LogP contribution < -0.4 is 4.74 Å². The number of hydrogen-bond acceptors (Lipinski definition) is 5. The van der Waals surface area contributed by atoms with Crippen LogP contribution in [0.1, 0.15) is 16.2 Å². The van der Waals surface area contributed by atoms with Crippen LogP contribution in [0.5, 0.6) is 5.75 Å². The lowest BCUT2D eigenvalue weighted by atomic mass is 10.0. The van der Waals surface area contributed by atoms with Gasteiger partial charge in [-0.25, -0.2) is 0 Å². The van der Waals surface area contributed by atoms with Crippen molar-refractivity contribution in [3.8, 4) is 28.3 Å². The second-order valence-electron chi connectivity index (χ2n) is 4.90. The molecule has 0 saturated heterocycles. The van der Waals surface area contributed by atoms with Crippen molar-refractivity contribution >= 4 is 16.8 Å². The largest absolute Gasteiger partial charge is 0.496 e.